The van der Waals surface area contributed by atoms with Gasteiger partial charge in [0.15, 0.2) is 0 Å². The van der Waals surface area contributed by atoms with Crippen LogP contribution in [0.5, 0.6) is 0 Å². The van der Waals surface area contributed by atoms with E-state index in [1.807, 2.05) is 0 Å². The molecule has 0 spiro atoms. The summed E-state index contributed by atoms with van der Waals surface area (Å²) in [6.45, 7) is 0. The number of aromatic nitrogens is 1. The van der Waals surface area contributed by atoms with Gasteiger partial charge in [-0.1, -0.05) is 12.1 Å². The molecule has 0 aliphatic carbocycles. The van der Waals surface area contributed by atoms with Crippen LogP contribution in [-0.4, -0.2) is 16.8 Å². The number of halogens is 2. The summed E-state index contributed by atoms with van der Waals surface area (Å²) in [5, 5.41) is 11.8. The molecule has 0 saturated heterocycles. The second-order valence-electron chi connectivity index (χ2n) is 3.56. The van der Waals surface area contributed by atoms with Gasteiger partial charge in [-0.3, -0.25) is 9.78 Å². The minimum Gasteiger partial charge on any atom is -0.858 e. The second kappa shape index (κ2) is 7.64. The van der Waals surface area contributed by atoms with Crippen LogP contribution < -0.4 is 34.7 Å². The summed E-state index contributed by atoms with van der Waals surface area (Å²) >= 11 is 3.13. The van der Waals surface area contributed by atoms with E-state index in [0.717, 1.165) is 6.07 Å². The molecular weight excluding hydrogens is 338 g/mol. The van der Waals surface area contributed by atoms with Gasteiger partial charge in [-0.2, -0.15) is 0 Å². The predicted molar refractivity (Wildman–Crippen MR) is 69.2 cm³/mol. The van der Waals surface area contributed by atoms with Gasteiger partial charge in [-0.15, -0.1) is 0 Å². The molecule has 7 heteroatoms. The third-order valence-corrected chi connectivity index (χ3v) is 2.94. The van der Waals surface area contributed by atoms with E-state index in [0.29, 0.717) is 4.47 Å². The number of hydrogen-bond acceptors (Lipinski definition) is 3. The van der Waals surface area contributed by atoms with Crippen LogP contribution in [0.3, 0.4) is 0 Å². The van der Waals surface area contributed by atoms with Crippen LogP contribution in [0.15, 0.2) is 52.2 Å². The maximum atomic E-state index is 13.4. The third-order valence-electron chi connectivity index (χ3n) is 2.31. The molecule has 1 amide bonds. The number of benzene rings is 1. The van der Waals surface area contributed by atoms with Gasteiger partial charge in [0.1, 0.15) is 5.82 Å². The smallest absolute Gasteiger partial charge is 0.858 e. The van der Waals surface area contributed by atoms with Crippen molar-refractivity contribution in [2.75, 3.05) is 0 Å². The number of nitrogens with zero attached hydrogens (tertiary/aromatic N) is 2. The largest absolute Gasteiger partial charge is 1.00 e. The summed E-state index contributed by atoms with van der Waals surface area (Å²) in [6, 6.07) is 6.78. The molecule has 0 bridgehead atoms. The third kappa shape index (κ3) is 3.96. The Morgan fingerprint density at radius 3 is 2.60 bits per heavy atom. The summed E-state index contributed by atoms with van der Waals surface area (Å²) in [5.74, 6) is -2.37. The number of carbonyl (C=O) groups is 1. The zero-order chi connectivity index (χ0) is 13.8. The Balaban J connectivity index is 0.00000200. The van der Waals surface area contributed by atoms with Gasteiger partial charge in [0, 0.05) is 28.3 Å². The van der Waals surface area contributed by atoms with E-state index in [1.54, 1.807) is 0 Å². The Morgan fingerprint density at radius 1 is 1.25 bits per heavy atom. The number of aliphatic imine (C=N–C) groups is 1. The van der Waals surface area contributed by atoms with E-state index in [1.165, 1.54) is 36.7 Å². The van der Waals surface area contributed by atoms with E-state index in [9.17, 15) is 14.3 Å². The Labute approximate surface area is 145 Å². The van der Waals surface area contributed by atoms with Gasteiger partial charge in [0.2, 0.25) is 0 Å². The molecular formula is C13H7BrFN2NaO2. The molecule has 2 aromatic rings. The first-order valence-corrected chi connectivity index (χ1v) is 6.03. The topological polar surface area (TPSA) is 65.4 Å². The Morgan fingerprint density at radius 2 is 1.95 bits per heavy atom. The van der Waals surface area contributed by atoms with Crippen LogP contribution >= 0.6 is 15.9 Å². The first-order chi connectivity index (χ1) is 9.09. The van der Waals surface area contributed by atoms with E-state index >= 15 is 0 Å². The molecule has 0 aliphatic heterocycles. The Kier molecular flexibility index (Phi) is 6.48. The van der Waals surface area contributed by atoms with Crippen LogP contribution in [0.25, 0.3) is 0 Å². The van der Waals surface area contributed by atoms with Gasteiger partial charge < -0.3 is 5.11 Å². The summed E-state index contributed by atoms with van der Waals surface area (Å²) < 4.78 is 13.8. The van der Waals surface area contributed by atoms with Crippen molar-refractivity contribution in [3.05, 3.63) is 64.1 Å². The van der Waals surface area contributed by atoms with Gasteiger partial charge >= 0.3 is 29.6 Å². The summed E-state index contributed by atoms with van der Waals surface area (Å²) in [6.07, 6.45) is 2.82. The summed E-state index contributed by atoms with van der Waals surface area (Å²) in [5.41, 5.74) is -0.0410. The fourth-order valence-electron chi connectivity index (χ4n) is 1.40. The minimum atomic E-state index is -0.910. The fourth-order valence-corrected chi connectivity index (χ4v) is 1.82. The van der Waals surface area contributed by atoms with Crippen molar-refractivity contribution in [1.29, 1.82) is 0 Å². The van der Waals surface area contributed by atoms with Crippen LogP contribution in [0.4, 0.5) is 4.39 Å². The molecule has 0 N–H and O–H groups in total. The van der Waals surface area contributed by atoms with Crippen LogP contribution in [0.1, 0.15) is 15.9 Å². The monoisotopic (exact) mass is 344 g/mol. The number of rotatable bonds is 2. The SMILES string of the molecule is O=C(N=C([O-])c1ccncc1Br)c1ccccc1F.[Na+]. The van der Waals surface area contributed by atoms with Crippen molar-refractivity contribution in [2.45, 2.75) is 0 Å². The summed E-state index contributed by atoms with van der Waals surface area (Å²) in [7, 11) is 0. The van der Waals surface area contributed by atoms with Gasteiger partial charge in [0.25, 0.3) is 5.91 Å². The molecule has 1 heterocycles. The molecule has 0 atom stereocenters. The predicted octanol–water partition coefficient (Wildman–Crippen LogP) is -1.07. The van der Waals surface area contributed by atoms with Gasteiger partial charge in [-0.25, -0.2) is 9.38 Å². The van der Waals surface area contributed by atoms with E-state index in [2.05, 4.69) is 25.9 Å². The zero-order valence-electron chi connectivity index (χ0n) is 10.5. The van der Waals surface area contributed by atoms with Crippen molar-refractivity contribution in [2.24, 2.45) is 4.99 Å². The molecule has 0 unspecified atom stereocenters. The van der Waals surface area contributed by atoms with Crippen molar-refractivity contribution in [3.8, 4) is 0 Å². The number of pyridine rings is 1. The number of carbonyl (C=O) groups excluding carboxylic acids is 1. The average molecular weight is 345 g/mol. The van der Waals surface area contributed by atoms with E-state index in [4.69, 9.17) is 0 Å². The Bertz CT molecular complexity index is 664. The maximum absolute atomic E-state index is 13.4. The molecule has 0 saturated carbocycles. The quantitative estimate of drug-likeness (QED) is 0.396. The average Bonchev–Trinajstić information content (AvgIpc) is 2.39. The van der Waals surface area contributed by atoms with Crippen molar-refractivity contribution < 1.29 is 43.8 Å². The molecule has 0 radical (unpaired) electrons. The first-order valence-electron chi connectivity index (χ1n) is 5.24. The van der Waals surface area contributed by atoms with E-state index in [-0.39, 0.29) is 40.7 Å². The normalized spacial score (nSPS) is 10.8. The summed E-state index contributed by atoms with van der Waals surface area (Å²) in [4.78, 5) is 18.9. The molecule has 0 fully saturated rings. The molecule has 96 valence electrons. The number of amides is 1. The first kappa shape index (κ1) is 17.0. The van der Waals surface area contributed by atoms with Gasteiger partial charge in [-0.05, 0) is 34.1 Å². The number of hydrogen-bond donors (Lipinski definition) is 0. The van der Waals surface area contributed by atoms with Crippen LogP contribution in [0.2, 0.25) is 0 Å². The molecule has 2 rings (SSSR count). The van der Waals surface area contributed by atoms with Crippen molar-refractivity contribution >= 4 is 27.7 Å². The van der Waals surface area contributed by atoms with Crippen molar-refractivity contribution in [1.82, 2.24) is 4.98 Å². The second-order valence-corrected chi connectivity index (χ2v) is 4.41. The molecule has 4 nitrogen and oxygen atoms in total. The maximum Gasteiger partial charge on any atom is 1.00 e. The molecule has 20 heavy (non-hydrogen) atoms. The van der Waals surface area contributed by atoms with Crippen LogP contribution in [-0.2, 0) is 0 Å². The molecule has 1 aromatic carbocycles. The molecule has 0 aliphatic rings. The van der Waals surface area contributed by atoms with Crippen molar-refractivity contribution in [3.63, 3.8) is 0 Å². The van der Waals surface area contributed by atoms with E-state index < -0.39 is 17.6 Å². The minimum absolute atomic E-state index is 0. The Hall–Kier alpha value is -1.08. The van der Waals surface area contributed by atoms with Crippen LogP contribution in [0, 0.1) is 5.82 Å². The zero-order valence-corrected chi connectivity index (χ0v) is 14.1. The fraction of sp³-hybridized carbons (Fsp3) is 0. The molecule has 1 aromatic heterocycles. The van der Waals surface area contributed by atoms with Gasteiger partial charge in [0.05, 0.1) is 5.56 Å². The standard InChI is InChI=1S/C13H8BrFN2O2.Na/c14-10-7-16-6-5-8(10)12(18)17-13(19)9-3-1-2-4-11(9)15;/h1-7H,(H,17,18,19);/q;+1/p-1.